The summed E-state index contributed by atoms with van der Waals surface area (Å²) < 4.78 is 18.9. The molecule has 0 atom stereocenters. The molecular weight excluding hydrogens is 305 g/mol. The number of ether oxygens (including phenoxy) is 1. The van der Waals surface area contributed by atoms with Crippen LogP contribution in [-0.2, 0) is 4.74 Å². The van der Waals surface area contributed by atoms with Gasteiger partial charge in [0.25, 0.3) is 0 Å². The van der Waals surface area contributed by atoms with Crippen LogP contribution in [0.3, 0.4) is 0 Å². The molecule has 0 aliphatic carbocycles. The van der Waals surface area contributed by atoms with Gasteiger partial charge in [0.05, 0.1) is 18.7 Å². The molecule has 3 rings (SSSR count). The smallest absolute Gasteiger partial charge is 0.124 e. The van der Waals surface area contributed by atoms with E-state index in [-0.39, 0.29) is 5.82 Å². The van der Waals surface area contributed by atoms with E-state index in [0.29, 0.717) is 0 Å². The van der Waals surface area contributed by atoms with Gasteiger partial charge in [-0.2, -0.15) is 0 Å². The van der Waals surface area contributed by atoms with Gasteiger partial charge in [-0.3, -0.25) is 9.88 Å². The Bertz CT molecular complexity index is 671. The van der Waals surface area contributed by atoms with Crippen LogP contribution in [0.25, 0.3) is 10.9 Å². The third-order valence-corrected chi connectivity index (χ3v) is 4.47. The van der Waals surface area contributed by atoms with Gasteiger partial charge in [-0.1, -0.05) is 6.42 Å². The molecule has 2 heterocycles. The van der Waals surface area contributed by atoms with E-state index in [1.165, 1.54) is 18.9 Å². The van der Waals surface area contributed by atoms with Crippen molar-refractivity contribution in [2.24, 2.45) is 0 Å². The number of halogens is 1. The molecule has 130 valence electrons. The van der Waals surface area contributed by atoms with E-state index in [1.807, 2.05) is 13.0 Å². The number of hydrogen-bond acceptors (Lipinski definition) is 4. The lowest BCUT2D eigenvalue weighted by molar-refractivity contribution is 0.0372. The van der Waals surface area contributed by atoms with Gasteiger partial charge in [0.2, 0.25) is 0 Å². The molecule has 0 radical (unpaired) electrons. The van der Waals surface area contributed by atoms with Gasteiger partial charge in [0.1, 0.15) is 5.82 Å². The van der Waals surface area contributed by atoms with Crippen molar-refractivity contribution >= 4 is 16.6 Å². The molecule has 2 aromatic rings. The lowest BCUT2D eigenvalue weighted by Gasteiger charge is -2.26. The van der Waals surface area contributed by atoms with Crippen molar-refractivity contribution in [3.05, 3.63) is 35.8 Å². The lowest BCUT2D eigenvalue weighted by atomic mass is 10.1. The number of aromatic nitrogens is 1. The first kappa shape index (κ1) is 17.1. The van der Waals surface area contributed by atoms with Crippen LogP contribution in [0.15, 0.2) is 24.3 Å². The van der Waals surface area contributed by atoms with E-state index in [1.54, 1.807) is 12.1 Å². The highest BCUT2D eigenvalue weighted by Gasteiger charge is 2.09. The van der Waals surface area contributed by atoms with Crippen molar-refractivity contribution in [1.82, 2.24) is 9.88 Å². The van der Waals surface area contributed by atoms with E-state index < -0.39 is 0 Å². The predicted octanol–water partition coefficient (Wildman–Crippen LogP) is 3.60. The summed E-state index contributed by atoms with van der Waals surface area (Å²) in [6.07, 6.45) is 3.52. The number of anilines is 1. The predicted molar refractivity (Wildman–Crippen MR) is 96.0 cm³/mol. The summed E-state index contributed by atoms with van der Waals surface area (Å²) in [5.41, 5.74) is 2.76. The monoisotopic (exact) mass is 331 g/mol. The van der Waals surface area contributed by atoms with Crippen LogP contribution in [0.2, 0.25) is 0 Å². The van der Waals surface area contributed by atoms with Crippen LogP contribution in [0, 0.1) is 12.7 Å². The van der Waals surface area contributed by atoms with Gasteiger partial charge < -0.3 is 10.1 Å². The summed E-state index contributed by atoms with van der Waals surface area (Å²) in [6, 6.07) is 6.76. The maximum atomic E-state index is 13.5. The first-order valence-electron chi connectivity index (χ1n) is 8.83. The number of nitrogens with zero attached hydrogens (tertiary/aromatic N) is 2. The van der Waals surface area contributed by atoms with Crippen molar-refractivity contribution in [3.63, 3.8) is 0 Å². The number of nitrogens with one attached hydrogen (secondary N) is 1. The third kappa shape index (κ3) is 4.65. The van der Waals surface area contributed by atoms with Crippen molar-refractivity contribution in [2.45, 2.75) is 26.2 Å². The van der Waals surface area contributed by atoms with Crippen LogP contribution >= 0.6 is 0 Å². The van der Waals surface area contributed by atoms with Crippen molar-refractivity contribution in [1.29, 1.82) is 0 Å². The molecule has 0 bridgehead atoms. The van der Waals surface area contributed by atoms with Gasteiger partial charge in [0.15, 0.2) is 0 Å². The normalized spacial score (nSPS) is 15.8. The summed E-state index contributed by atoms with van der Waals surface area (Å²) in [5.74, 6) is -0.221. The van der Waals surface area contributed by atoms with Crippen LogP contribution in [-0.4, -0.2) is 49.3 Å². The molecule has 1 aromatic heterocycles. The maximum absolute atomic E-state index is 13.5. The summed E-state index contributed by atoms with van der Waals surface area (Å²) in [7, 11) is 0. The van der Waals surface area contributed by atoms with Gasteiger partial charge in [0, 0.05) is 36.4 Å². The topological polar surface area (TPSA) is 37.4 Å². The van der Waals surface area contributed by atoms with Gasteiger partial charge in [-0.25, -0.2) is 4.39 Å². The number of unbranched alkanes of at least 4 members (excludes halogenated alkanes) is 2. The van der Waals surface area contributed by atoms with Crippen molar-refractivity contribution in [2.75, 3.05) is 44.7 Å². The first-order valence-corrected chi connectivity index (χ1v) is 8.83. The number of aryl methyl sites for hydroxylation is 1. The molecule has 1 fully saturated rings. The second-order valence-electron chi connectivity index (χ2n) is 6.41. The molecule has 1 aliphatic rings. The highest BCUT2D eigenvalue weighted by molar-refractivity contribution is 5.91. The van der Waals surface area contributed by atoms with E-state index in [4.69, 9.17) is 4.74 Å². The van der Waals surface area contributed by atoms with Crippen LogP contribution in [0.5, 0.6) is 0 Å². The fourth-order valence-electron chi connectivity index (χ4n) is 3.16. The quantitative estimate of drug-likeness (QED) is 0.787. The van der Waals surface area contributed by atoms with E-state index >= 15 is 0 Å². The van der Waals surface area contributed by atoms with Gasteiger partial charge in [-0.15, -0.1) is 0 Å². The van der Waals surface area contributed by atoms with Gasteiger partial charge >= 0.3 is 0 Å². The number of rotatable bonds is 7. The molecule has 0 spiro atoms. The summed E-state index contributed by atoms with van der Waals surface area (Å²) >= 11 is 0. The molecule has 24 heavy (non-hydrogen) atoms. The molecule has 5 heteroatoms. The second kappa shape index (κ2) is 8.40. The first-order chi connectivity index (χ1) is 11.7. The Labute approximate surface area is 143 Å². The minimum Gasteiger partial charge on any atom is -0.384 e. The zero-order valence-electron chi connectivity index (χ0n) is 14.4. The fraction of sp³-hybridized carbons (Fsp3) is 0.526. The van der Waals surface area contributed by atoms with Crippen LogP contribution < -0.4 is 5.32 Å². The number of pyridine rings is 1. The average Bonchev–Trinajstić information content (AvgIpc) is 2.59. The molecule has 0 unspecified atom stereocenters. The van der Waals surface area contributed by atoms with E-state index in [9.17, 15) is 4.39 Å². The Balaban J connectivity index is 1.46. The average molecular weight is 331 g/mol. The summed E-state index contributed by atoms with van der Waals surface area (Å²) in [4.78, 5) is 6.94. The Kier molecular flexibility index (Phi) is 5.99. The third-order valence-electron chi connectivity index (χ3n) is 4.47. The Morgan fingerprint density at radius 2 is 2.00 bits per heavy atom. The molecule has 1 aromatic carbocycles. The van der Waals surface area contributed by atoms with E-state index in [0.717, 1.165) is 68.1 Å². The molecule has 1 saturated heterocycles. The largest absolute Gasteiger partial charge is 0.384 e. The standard InChI is InChI=1S/C19H26FN3O/c1-15-13-19(17-14-16(20)5-6-18(17)22-15)21-7-3-2-4-8-23-9-11-24-12-10-23/h5-6,13-14H,2-4,7-12H2,1H3,(H,21,22). The Morgan fingerprint density at radius 3 is 2.83 bits per heavy atom. The minimum atomic E-state index is -0.221. The molecular formula is C19H26FN3O. The highest BCUT2D eigenvalue weighted by atomic mass is 19.1. The zero-order chi connectivity index (χ0) is 16.8. The molecule has 1 aliphatic heterocycles. The van der Waals surface area contributed by atoms with Gasteiger partial charge in [-0.05, 0) is 50.6 Å². The SMILES string of the molecule is Cc1cc(NCCCCCN2CCOCC2)c2cc(F)ccc2n1. The zero-order valence-corrected chi connectivity index (χ0v) is 14.4. The summed E-state index contributed by atoms with van der Waals surface area (Å²) in [5, 5.41) is 4.31. The van der Waals surface area contributed by atoms with E-state index in [2.05, 4.69) is 15.2 Å². The second-order valence-corrected chi connectivity index (χ2v) is 6.41. The molecule has 4 nitrogen and oxygen atoms in total. The Morgan fingerprint density at radius 1 is 1.17 bits per heavy atom. The molecule has 1 N–H and O–H groups in total. The van der Waals surface area contributed by atoms with Crippen molar-refractivity contribution < 1.29 is 9.13 Å². The number of morpholine rings is 1. The lowest BCUT2D eigenvalue weighted by Crippen LogP contribution is -2.36. The van der Waals surface area contributed by atoms with Crippen LogP contribution in [0.4, 0.5) is 10.1 Å². The summed E-state index contributed by atoms with van der Waals surface area (Å²) in [6.45, 7) is 7.89. The fourth-order valence-corrected chi connectivity index (χ4v) is 3.16. The minimum absolute atomic E-state index is 0.221. The van der Waals surface area contributed by atoms with Crippen LogP contribution in [0.1, 0.15) is 25.0 Å². The molecule has 0 amide bonds. The Hall–Kier alpha value is -1.72. The number of fused-ring (bicyclic) bond motifs is 1. The number of benzene rings is 1. The van der Waals surface area contributed by atoms with Crippen molar-refractivity contribution in [3.8, 4) is 0 Å². The molecule has 0 saturated carbocycles. The number of hydrogen-bond donors (Lipinski definition) is 1. The highest BCUT2D eigenvalue weighted by Crippen LogP contribution is 2.24. The maximum Gasteiger partial charge on any atom is 0.124 e.